The minimum Gasteiger partial charge on any atom is -0.368 e. The summed E-state index contributed by atoms with van der Waals surface area (Å²) < 4.78 is 0. The van der Waals surface area contributed by atoms with Crippen molar-refractivity contribution < 1.29 is 14.4 Å². The molecule has 0 bridgehead atoms. The Bertz CT molecular complexity index is 532. The second-order valence-corrected chi connectivity index (χ2v) is 5.40. The molecule has 0 aliphatic heterocycles. The summed E-state index contributed by atoms with van der Waals surface area (Å²) in [5.74, 6) is -1.65. The third kappa shape index (κ3) is 7.20. The van der Waals surface area contributed by atoms with Crippen LogP contribution in [0.25, 0.3) is 0 Å². The van der Waals surface area contributed by atoms with E-state index >= 15 is 0 Å². The first-order chi connectivity index (χ1) is 11.4. The highest BCUT2D eigenvalue weighted by Crippen LogP contribution is 2.02. The second-order valence-electron chi connectivity index (χ2n) is 5.40. The SMILES string of the molecule is NCCCCC(N)C(=O)NC(Cc1c[nH]cn1)C(=O)NCC(N)=O. The van der Waals surface area contributed by atoms with Gasteiger partial charge in [-0.2, -0.15) is 0 Å². The molecular weight excluding hydrogens is 314 g/mol. The zero-order valence-corrected chi connectivity index (χ0v) is 13.5. The number of nitrogens with one attached hydrogen (secondary N) is 3. The largest absolute Gasteiger partial charge is 0.368 e. The van der Waals surface area contributed by atoms with Crippen LogP contribution in [0, 0.1) is 0 Å². The zero-order chi connectivity index (χ0) is 17.9. The van der Waals surface area contributed by atoms with Crippen LogP contribution in [0.2, 0.25) is 0 Å². The number of nitrogens with two attached hydrogens (primary N) is 3. The van der Waals surface area contributed by atoms with Crippen LogP contribution in [-0.4, -0.2) is 52.9 Å². The van der Waals surface area contributed by atoms with Gasteiger partial charge >= 0.3 is 0 Å². The molecule has 1 aromatic rings. The van der Waals surface area contributed by atoms with Gasteiger partial charge in [-0.25, -0.2) is 4.98 Å². The van der Waals surface area contributed by atoms with Crippen LogP contribution >= 0.6 is 0 Å². The molecule has 0 aromatic carbocycles. The van der Waals surface area contributed by atoms with Crippen LogP contribution in [0.5, 0.6) is 0 Å². The molecule has 1 rings (SSSR count). The first-order valence-corrected chi connectivity index (χ1v) is 7.73. The summed E-state index contributed by atoms with van der Waals surface area (Å²) in [6.07, 6.45) is 5.21. The van der Waals surface area contributed by atoms with Gasteiger partial charge in [0, 0.05) is 12.6 Å². The van der Waals surface area contributed by atoms with Crippen LogP contribution in [0.3, 0.4) is 0 Å². The molecule has 9 N–H and O–H groups in total. The number of unbranched alkanes of at least 4 members (excludes halogenated alkanes) is 1. The Balaban J connectivity index is 2.64. The van der Waals surface area contributed by atoms with Crippen LogP contribution in [0.4, 0.5) is 0 Å². The molecule has 0 aliphatic rings. The van der Waals surface area contributed by atoms with E-state index in [0.29, 0.717) is 18.7 Å². The summed E-state index contributed by atoms with van der Waals surface area (Å²) in [7, 11) is 0. The molecule has 1 heterocycles. The van der Waals surface area contributed by atoms with Crippen molar-refractivity contribution in [3.8, 4) is 0 Å². The van der Waals surface area contributed by atoms with E-state index in [-0.39, 0.29) is 13.0 Å². The number of aromatic amines is 1. The Kier molecular flexibility index (Phi) is 8.44. The van der Waals surface area contributed by atoms with Gasteiger partial charge < -0.3 is 32.8 Å². The Morgan fingerprint density at radius 1 is 1.25 bits per heavy atom. The molecule has 0 fully saturated rings. The molecule has 10 heteroatoms. The summed E-state index contributed by atoms with van der Waals surface area (Å²) >= 11 is 0. The number of primary amides is 1. The van der Waals surface area contributed by atoms with Gasteiger partial charge in [-0.15, -0.1) is 0 Å². The molecule has 2 unspecified atom stereocenters. The number of nitrogens with zero attached hydrogens (tertiary/aromatic N) is 1. The van der Waals surface area contributed by atoms with Gasteiger partial charge in [-0.3, -0.25) is 14.4 Å². The maximum absolute atomic E-state index is 12.2. The van der Waals surface area contributed by atoms with Crippen molar-refractivity contribution in [3.05, 3.63) is 18.2 Å². The van der Waals surface area contributed by atoms with Gasteiger partial charge in [0.05, 0.1) is 24.6 Å². The van der Waals surface area contributed by atoms with Crippen LogP contribution in [-0.2, 0) is 20.8 Å². The molecule has 0 saturated heterocycles. The predicted octanol–water partition coefficient (Wildman–Crippen LogP) is -2.51. The van der Waals surface area contributed by atoms with Gasteiger partial charge in [-0.1, -0.05) is 6.42 Å². The molecule has 3 amide bonds. The zero-order valence-electron chi connectivity index (χ0n) is 13.5. The fraction of sp³-hybridized carbons (Fsp3) is 0.571. The van der Waals surface area contributed by atoms with Crippen molar-refractivity contribution in [2.45, 2.75) is 37.8 Å². The van der Waals surface area contributed by atoms with Crippen LogP contribution in [0.15, 0.2) is 12.5 Å². The summed E-state index contributed by atoms with van der Waals surface area (Å²) in [6, 6.07) is -1.64. The van der Waals surface area contributed by atoms with Gasteiger partial charge in [0.2, 0.25) is 17.7 Å². The van der Waals surface area contributed by atoms with E-state index in [0.717, 1.165) is 12.8 Å². The Morgan fingerprint density at radius 3 is 2.58 bits per heavy atom. The smallest absolute Gasteiger partial charge is 0.243 e. The van der Waals surface area contributed by atoms with Crippen LogP contribution in [0.1, 0.15) is 25.0 Å². The summed E-state index contributed by atoms with van der Waals surface area (Å²) in [5, 5.41) is 4.96. The molecule has 0 radical (unpaired) electrons. The minimum absolute atomic E-state index is 0.162. The molecule has 1 aromatic heterocycles. The van der Waals surface area contributed by atoms with Crippen molar-refractivity contribution in [1.82, 2.24) is 20.6 Å². The van der Waals surface area contributed by atoms with Crippen molar-refractivity contribution in [2.75, 3.05) is 13.1 Å². The van der Waals surface area contributed by atoms with Crippen molar-refractivity contribution >= 4 is 17.7 Å². The normalized spacial score (nSPS) is 13.1. The van der Waals surface area contributed by atoms with E-state index < -0.39 is 29.8 Å². The Hall–Kier alpha value is -2.46. The molecule has 2 atom stereocenters. The molecular formula is C14H25N7O3. The quantitative estimate of drug-likeness (QED) is 0.242. The molecule has 24 heavy (non-hydrogen) atoms. The number of amides is 3. The lowest BCUT2D eigenvalue weighted by Crippen LogP contribution is -2.53. The first kappa shape index (κ1) is 19.6. The predicted molar refractivity (Wildman–Crippen MR) is 87.3 cm³/mol. The standard InChI is InChI=1S/C14H25N7O3/c15-4-2-1-3-10(16)13(23)21-11(5-9-6-18-8-20-9)14(24)19-7-12(17)22/h6,8,10-11H,1-5,7,15-16H2,(H2,17,22)(H,18,20)(H,19,24)(H,21,23). The molecule has 10 nitrogen and oxygen atoms in total. The molecule has 0 spiro atoms. The lowest BCUT2D eigenvalue weighted by atomic mass is 10.1. The third-order valence-electron chi connectivity index (χ3n) is 3.34. The van der Waals surface area contributed by atoms with Gasteiger partial charge in [0.15, 0.2) is 0 Å². The van der Waals surface area contributed by atoms with E-state index in [1.165, 1.54) is 6.33 Å². The monoisotopic (exact) mass is 339 g/mol. The number of aromatic nitrogens is 2. The van der Waals surface area contributed by atoms with E-state index in [4.69, 9.17) is 17.2 Å². The summed E-state index contributed by atoms with van der Waals surface area (Å²) in [5.41, 5.74) is 16.8. The van der Waals surface area contributed by atoms with Crippen molar-refractivity contribution in [2.24, 2.45) is 17.2 Å². The first-order valence-electron chi connectivity index (χ1n) is 7.73. The van der Waals surface area contributed by atoms with Gasteiger partial charge in [0.25, 0.3) is 0 Å². The maximum atomic E-state index is 12.2. The van der Waals surface area contributed by atoms with Gasteiger partial charge in [0.1, 0.15) is 6.04 Å². The lowest BCUT2D eigenvalue weighted by molar-refractivity contribution is -0.130. The number of H-pyrrole nitrogens is 1. The number of hydrogen-bond acceptors (Lipinski definition) is 6. The molecule has 0 aliphatic carbocycles. The number of rotatable bonds is 11. The number of imidazole rings is 1. The Labute approximate surface area is 139 Å². The van der Waals surface area contributed by atoms with Crippen molar-refractivity contribution in [1.29, 1.82) is 0 Å². The highest BCUT2D eigenvalue weighted by molar-refractivity contribution is 5.91. The van der Waals surface area contributed by atoms with E-state index in [1.54, 1.807) is 6.20 Å². The fourth-order valence-corrected chi connectivity index (χ4v) is 2.04. The summed E-state index contributed by atoms with van der Waals surface area (Å²) in [6.45, 7) is 0.222. The topological polar surface area (TPSA) is 182 Å². The number of hydrogen-bond donors (Lipinski definition) is 6. The lowest BCUT2D eigenvalue weighted by Gasteiger charge is -2.20. The van der Waals surface area contributed by atoms with E-state index in [9.17, 15) is 14.4 Å². The number of carbonyl (C=O) groups excluding carboxylic acids is 3. The Morgan fingerprint density at radius 2 is 2.00 bits per heavy atom. The van der Waals surface area contributed by atoms with E-state index in [2.05, 4.69) is 20.6 Å². The average Bonchev–Trinajstić information content (AvgIpc) is 3.05. The molecule has 0 saturated carbocycles. The highest BCUT2D eigenvalue weighted by Gasteiger charge is 2.24. The van der Waals surface area contributed by atoms with Crippen molar-refractivity contribution in [3.63, 3.8) is 0 Å². The molecule has 134 valence electrons. The number of carbonyl (C=O) groups is 3. The average molecular weight is 339 g/mol. The fourth-order valence-electron chi connectivity index (χ4n) is 2.04. The minimum atomic E-state index is -0.902. The van der Waals surface area contributed by atoms with Gasteiger partial charge in [-0.05, 0) is 19.4 Å². The third-order valence-corrected chi connectivity index (χ3v) is 3.34. The van der Waals surface area contributed by atoms with Crippen LogP contribution < -0.4 is 27.8 Å². The van der Waals surface area contributed by atoms with E-state index in [1.807, 2.05) is 0 Å². The summed E-state index contributed by atoms with van der Waals surface area (Å²) in [4.78, 5) is 41.9. The second kappa shape index (κ2) is 10.3. The highest BCUT2D eigenvalue weighted by atomic mass is 16.2. The maximum Gasteiger partial charge on any atom is 0.243 e.